The van der Waals surface area contributed by atoms with E-state index >= 15 is 0 Å². The van der Waals surface area contributed by atoms with Crippen LogP contribution in [0.5, 0.6) is 0 Å². The zero-order valence-electron chi connectivity index (χ0n) is 13.5. The van der Waals surface area contributed by atoms with Crippen molar-refractivity contribution in [3.63, 3.8) is 0 Å². The van der Waals surface area contributed by atoms with Gasteiger partial charge in [0.1, 0.15) is 0 Å². The van der Waals surface area contributed by atoms with Crippen LogP contribution in [-0.2, 0) is 6.54 Å². The molecule has 0 unspecified atom stereocenters. The quantitative estimate of drug-likeness (QED) is 0.767. The number of hydrogen-bond acceptors (Lipinski definition) is 3. The van der Waals surface area contributed by atoms with Gasteiger partial charge in [0.25, 0.3) is 5.91 Å². The van der Waals surface area contributed by atoms with E-state index in [-0.39, 0.29) is 5.91 Å². The van der Waals surface area contributed by atoms with Gasteiger partial charge in [0.15, 0.2) is 5.13 Å². The van der Waals surface area contributed by atoms with Gasteiger partial charge in [-0.3, -0.25) is 10.1 Å². The molecule has 0 aliphatic heterocycles. The predicted octanol–water partition coefficient (Wildman–Crippen LogP) is 4.50. The van der Waals surface area contributed by atoms with E-state index in [4.69, 9.17) is 0 Å². The molecule has 3 rings (SSSR count). The monoisotopic (exact) mass is 325 g/mol. The van der Waals surface area contributed by atoms with Crippen molar-refractivity contribution in [2.45, 2.75) is 27.3 Å². The number of aromatic nitrogens is 2. The highest BCUT2D eigenvalue weighted by molar-refractivity contribution is 7.14. The minimum atomic E-state index is -0.105. The number of carbonyl (C=O) groups is 1. The van der Waals surface area contributed by atoms with Crippen LogP contribution >= 0.6 is 11.3 Å². The molecule has 0 fully saturated rings. The minimum Gasteiger partial charge on any atom is -0.349 e. The van der Waals surface area contributed by atoms with Gasteiger partial charge in [-0.2, -0.15) is 0 Å². The molecule has 0 atom stereocenters. The number of carbonyl (C=O) groups excluding carboxylic acids is 1. The van der Waals surface area contributed by atoms with Gasteiger partial charge in [-0.05, 0) is 26.8 Å². The van der Waals surface area contributed by atoms with Crippen LogP contribution < -0.4 is 5.32 Å². The van der Waals surface area contributed by atoms with Crippen molar-refractivity contribution in [1.29, 1.82) is 0 Å². The van der Waals surface area contributed by atoms with Crippen LogP contribution in [0.4, 0.5) is 5.13 Å². The zero-order valence-corrected chi connectivity index (χ0v) is 14.3. The van der Waals surface area contributed by atoms with Crippen LogP contribution in [0.3, 0.4) is 0 Å². The Morgan fingerprint density at radius 2 is 2.00 bits per heavy atom. The first-order chi connectivity index (χ1) is 11.1. The Labute approximate surface area is 139 Å². The summed E-state index contributed by atoms with van der Waals surface area (Å²) >= 11 is 1.44. The third-order valence-corrected chi connectivity index (χ3v) is 4.69. The first-order valence-electron chi connectivity index (χ1n) is 7.59. The zero-order chi connectivity index (χ0) is 16.4. The summed E-state index contributed by atoms with van der Waals surface area (Å²) in [7, 11) is 0. The van der Waals surface area contributed by atoms with Crippen molar-refractivity contribution in [1.82, 2.24) is 9.55 Å². The van der Waals surface area contributed by atoms with Crippen molar-refractivity contribution in [2.24, 2.45) is 0 Å². The lowest BCUT2D eigenvalue weighted by atomic mass is 10.2. The number of aryl methyl sites for hydroxylation is 1. The summed E-state index contributed by atoms with van der Waals surface area (Å²) in [5, 5.41) is 5.49. The van der Waals surface area contributed by atoms with E-state index in [0.717, 1.165) is 29.2 Å². The molecule has 2 aromatic heterocycles. The fraction of sp³-hybridized carbons (Fsp3) is 0.222. The molecule has 0 saturated carbocycles. The number of rotatable bonds is 4. The molecule has 1 aromatic carbocycles. The molecule has 5 heteroatoms. The Hall–Kier alpha value is -2.40. The normalized spacial score (nSPS) is 10.7. The number of benzene rings is 1. The second kappa shape index (κ2) is 6.38. The van der Waals surface area contributed by atoms with Crippen LogP contribution in [0.15, 0.2) is 41.8 Å². The van der Waals surface area contributed by atoms with Gasteiger partial charge in [-0.1, -0.05) is 30.3 Å². The number of nitrogens with zero attached hydrogens (tertiary/aromatic N) is 2. The van der Waals surface area contributed by atoms with Crippen LogP contribution in [0.25, 0.3) is 11.3 Å². The SMILES string of the molecule is CCn1c(C)cc(C(=O)Nc2nc(-c3ccccc3)cs2)c1C. The smallest absolute Gasteiger partial charge is 0.259 e. The molecule has 0 aliphatic rings. The molecule has 0 spiro atoms. The Morgan fingerprint density at radius 1 is 1.26 bits per heavy atom. The van der Waals surface area contributed by atoms with Crippen LogP contribution in [0, 0.1) is 13.8 Å². The molecule has 2 heterocycles. The van der Waals surface area contributed by atoms with Crippen molar-refractivity contribution in [3.8, 4) is 11.3 Å². The van der Waals surface area contributed by atoms with Gasteiger partial charge in [0.2, 0.25) is 0 Å². The second-order valence-electron chi connectivity index (χ2n) is 5.39. The molecule has 1 amide bonds. The third-order valence-electron chi connectivity index (χ3n) is 3.93. The highest BCUT2D eigenvalue weighted by atomic mass is 32.1. The van der Waals surface area contributed by atoms with E-state index in [0.29, 0.717) is 10.7 Å². The van der Waals surface area contributed by atoms with E-state index in [1.807, 2.05) is 55.6 Å². The molecule has 0 radical (unpaired) electrons. The number of nitrogens with one attached hydrogen (secondary N) is 1. The first kappa shape index (κ1) is 15.5. The Kier molecular flexibility index (Phi) is 4.30. The second-order valence-corrected chi connectivity index (χ2v) is 6.25. The summed E-state index contributed by atoms with van der Waals surface area (Å²) in [6.45, 7) is 6.93. The molecular formula is C18H19N3OS. The maximum atomic E-state index is 12.5. The van der Waals surface area contributed by atoms with Gasteiger partial charge in [0, 0.05) is 28.9 Å². The maximum Gasteiger partial charge on any atom is 0.259 e. The van der Waals surface area contributed by atoms with E-state index < -0.39 is 0 Å². The van der Waals surface area contributed by atoms with E-state index in [2.05, 4.69) is 21.8 Å². The minimum absolute atomic E-state index is 0.105. The molecule has 0 bridgehead atoms. The van der Waals surface area contributed by atoms with Gasteiger partial charge in [0.05, 0.1) is 11.3 Å². The number of thiazole rings is 1. The highest BCUT2D eigenvalue weighted by Gasteiger charge is 2.16. The molecule has 0 aliphatic carbocycles. The van der Waals surface area contributed by atoms with Crippen molar-refractivity contribution < 1.29 is 4.79 Å². The van der Waals surface area contributed by atoms with Gasteiger partial charge in [-0.15, -0.1) is 11.3 Å². The number of amides is 1. The molecule has 1 N–H and O–H groups in total. The van der Waals surface area contributed by atoms with Gasteiger partial charge < -0.3 is 4.57 Å². The maximum absolute atomic E-state index is 12.5. The van der Waals surface area contributed by atoms with E-state index in [1.165, 1.54) is 11.3 Å². The largest absolute Gasteiger partial charge is 0.349 e. The highest BCUT2D eigenvalue weighted by Crippen LogP contribution is 2.25. The van der Waals surface area contributed by atoms with Crippen molar-refractivity contribution >= 4 is 22.4 Å². The molecule has 0 saturated heterocycles. The lowest BCUT2D eigenvalue weighted by molar-refractivity contribution is 0.102. The van der Waals surface area contributed by atoms with Crippen LogP contribution in [0.1, 0.15) is 28.7 Å². The predicted molar refractivity (Wildman–Crippen MR) is 95.1 cm³/mol. The Morgan fingerprint density at radius 3 is 2.65 bits per heavy atom. The summed E-state index contributed by atoms with van der Waals surface area (Å²) in [5.41, 5.74) is 4.72. The summed E-state index contributed by atoms with van der Waals surface area (Å²) < 4.78 is 2.13. The fourth-order valence-corrected chi connectivity index (χ4v) is 3.47. The summed E-state index contributed by atoms with van der Waals surface area (Å²) in [6.07, 6.45) is 0. The van der Waals surface area contributed by atoms with Crippen LogP contribution in [-0.4, -0.2) is 15.5 Å². The Balaban J connectivity index is 1.80. The molecular weight excluding hydrogens is 306 g/mol. The van der Waals surface area contributed by atoms with Gasteiger partial charge >= 0.3 is 0 Å². The molecule has 118 valence electrons. The average molecular weight is 325 g/mol. The van der Waals surface area contributed by atoms with E-state index in [9.17, 15) is 4.79 Å². The van der Waals surface area contributed by atoms with E-state index in [1.54, 1.807) is 0 Å². The summed E-state index contributed by atoms with van der Waals surface area (Å²) in [6, 6.07) is 11.9. The molecule has 4 nitrogen and oxygen atoms in total. The van der Waals surface area contributed by atoms with Gasteiger partial charge in [-0.25, -0.2) is 4.98 Å². The molecule has 3 aromatic rings. The van der Waals surface area contributed by atoms with Crippen molar-refractivity contribution in [2.75, 3.05) is 5.32 Å². The lowest BCUT2D eigenvalue weighted by Crippen LogP contribution is -2.13. The molecule has 23 heavy (non-hydrogen) atoms. The van der Waals surface area contributed by atoms with Crippen LogP contribution in [0.2, 0.25) is 0 Å². The lowest BCUT2D eigenvalue weighted by Gasteiger charge is -2.05. The first-order valence-corrected chi connectivity index (χ1v) is 8.47. The summed E-state index contributed by atoms with van der Waals surface area (Å²) in [4.78, 5) is 17.0. The number of anilines is 1. The standard InChI is InChI=1S/C18H19N3OS/c1-4-21-12(2)10-15(13(21)3)17(22)20-18-19-16(11-23-18)14-8-6-5-7-9-14/h5-11H,4H2,1-3H3,(H,19,20,22). The third kappa shape index (κ3) is 3.05. The topological polar surface area (TPSA) is 46.9 Å². The Bertz CT molecular complexity index is 833. The fourth-order valence-electron chi connectivity index (χ4n) is 2.75. The number of hydrogen-bond donors (Lipinski definition) is 1. The average Bonchev–Trinajstić information content (AvgIpc) is 3.13. The summed E-state index contributed by atoms with van der Waals surface area (Å²) in [5.74, 6) is -0.105. The van der Waals surface area contributed by atoms with Crippen molar-refractivity contribution in [3.05, 3.63) is 58.7 Å².